The fourth-order valence-electron chi connectivity index (χ4n) is 2.46. The maximum atomic E-state index is 5.66. The molecule has 1 aliphatic carbocycles. The Morgan fingerprint density at radius 3 is 2.53 bits per heavy atom. The van der Waals surface area contributed by atoms with Gasteiger partial charge in [-0.05, 0) is 56.8 Å². The first-order chi connectivity index (χ1) is 8.22. The molecular formula is C15H24N2. The van der Waals surface area contributed by atoms with E-state index in [1.807, 2.05) is 0 Å². The van der Waals surface area contributed by atoms with Crippen LogP contribution < -0.4 is 5.73 Å². The van der Waals surface area contributed by atoms with Gasteiger partial charge in [0.1, 0.15) is 0 Å². The van der Waals surface area contributed by atoms with Crippen LogP contribution in [0.5, 0.6) is 0 Å². The molecule has 2 heteroatoms. The van der Waals surface area contributed by atoms with Crippen LogP contribution >= 0.6 is 0 Å². The molecule has 0 saturated heterocycles. The number of nitrogens with zero attached hydrogens (tertiary/aromatic N) is 1. The summed E-state index contributed by atoms with van der Waals surface area (Å²) in [4.78, 5) is 2.48. The summed E-state index contributed by atoms with van der Waals surface area (Å²) < 4.78 is 0. The molecule has 2 N–H and O–H groups in total. The largest absolute Gasteiger partial charge is 0.330 e. The van der Waals surface area contributed by atoms with E-state index in [-0.39, 0.29) is 0 Å². The molecule has 0 spiro atoms. The Morgan fingerprint density at radius 2 is 1.94 bits per heavy atom. The summed E-state index contributed by atoms with van der Waals surface area (Å²) >= 11 is 0. The molecule has 2 rings (SSSR count). The molecule has 0 bridgehead atoms. The first kappa shape index (κ1) is 12.6. The summed E-state index contributed by atoms with van der Waals surface area (Å²) in [6.45, 7) is 4.13. The smallest absolute Gasteiger partial charge is 0.0236 e. The van der Waals surface area contributed by atoms with Gasteiger partial charge in [-0.3, -0.25) is 4.90 Å². The maximum absolute atomic E-state index is 5.66. The monoisotopic (exact) mass is 232 g/mol. The molecule has 1 aliphatic rings. The van der Waals surface area contributed by atoms with Crippen LogP contribution in [0.2, 0.25) is 0 Å². The molecule has 0 amide bonds. The van der Waals surface area contributed by atoms with E-state index in [9.17, 15) is 0 Å². The number of nitrogens with two attached hydrogens (primary N) is 1. The second kappa shape index (κ2) is 5.65. The van der Waals surface area contributed by atoms with Crippen LogP contribution in [-0.2, 0) is 13.0 Å². The Bertz CT molecular complexity index is 358. The van der Waals surface area contributed by atoms with Gasteiger partial charge in [0.15, 0.2) is 0 Å². The third kappa shape index (κ3) is 3.30. The predicted octanol–water partition coefficient (Wildman–Crippen LogP) is 2.42. The predicted molar refractivity (Wildman–Crippen MR) is 72.9 cm³/mol. The van der Waals surface area contributed by atoms with E-state index in [1.54, 1.807) is 0 Å². The zero-order valence-electron chi connectivity index (χ0n) is 11.0. The van der Waals surface area contributed by atoms with Crippen LogP contribution in [0.4, 0.5) is 0 Å². The Labute approximate surface area is 105 Å². The molecule has 1 unspecified atom stereocenters. The van der Waals surface area contributed by atoms with Gasteiger partial charge >= 0.3 is 0 Å². The summed E-state index contributed by atoms with van der Waals surface area (Å²) in [6.07, 6.45) is 3.81. The van der Waals surface area contributed by atoms with Crippen LogP contribution in [0.3, 0.4) is 0 Å². The van der Waals surface area contributed by atoms with Crippen molar-refractivity contribution in [1.29, 1.82) is 0 Å². The summed E-state index contributed by atoms with van der Waals surface area (Å²) in [5.74, 6) is 0.932. The molecule has 0 aromatic heterocycles. The molecule has 1 aromatic carbocycles. The SMILES string of the molecule is CC(C1CC1)N(C)Cc1ccccc1CCN. The quantitative estimate of drug-likeness (QED) is 0.816. The third-order valence-corrected chi connectivity index (χ3v) is 3.95. The molecule has 94 valence electrons. The minimum atomic E-state index is 0.709. The zero-order valence-corrected chi connectivity index (χ0v) is 11.0. The van der Waals surface area contributed by atoms with Gasteiger partial charge in [0.05, 0.1) is 0 Å². The third-order valence-electron chi connectivity index (χ3n) is 3.95. The number of rotatable bonds is 6. The molecule has 0 heterocycles. The maximum Gasteiger partial charge on any atom is 0.0236 e. The van der Waals surface area contributed by atoms with Gasteiger partial charge in [0.25, 0.3) is 0 Å². The van der Waals surface area contributed by atoms with Gasteiger partial charge in [-0.25, -0.2) is 0 Å². The van der Waals surface area contributed by atoms with E-state index in [4.69, 9.17) is 5.73 Å². The lowest BCUT2D eigenvalue weighted by atomic mass is 10.0. The van der Waals surface area contributed by atoms with Crippen LogP contribution in [0.15, 0.2) is 24.3 Å². The van der Waals surface area contributed by atoms with Gasteiger partial charge in [-0.2, -0.15) is 0 Å². The Kier molecular flexibility index (Phi) is 4.19. The van der Waals surface area contributed by atoms with Crippen molar-refractivity contribution in [3.8, 4) is 0 Å². The van der Waals surface area contributed by atoms with Crippen molar-refractivity contribution in [2.75, 3.05) is 13.6 Å². The number of benzene rings is 1. The van der Waals surface area contributed by atoms with E-state index >= 15 is 0 Å². The Hall–Kier alpha value is -0.860. The van der Waals surface area contributed by atoms with Gasteiger partial charge < -0.3 is 5.73 Å². The summed E-state index contributed by atoms with van der Waals surface area (Å²) in [7, 11) is 2.24. The van der Waals surface area contributed by atoms with Gasteiger partial charge in [-0.15, -0.1) is 0 Å². The normalized spacial score (nSPS) is 17.4. The Morgan fingerprint density at radius 1 is 1.29 bits per heavy atom. The summed E-state index contributed by atoms with van der Waals surface area (Å²) in [5.41, 5.74) is 8.51. The highest BCUT2D eigenvalue weighted by atomic mass is 15.1. The first-order valence-corrected chi connectivity index (χ1v) is 6.69. The highest BCUT2D eigenvalue weighted by Gasteiger charge is 2.30. The molecule has 17 heavy (non-hydrogen) atoms. The molecule has 1 atom stereocenters. The fraction of sp³-hybridized carbons (Fsp3) is 0.600. The van der Waals surface area contributed by atoms with Gasteiger partial charge in [0.2, 0.25) is 0 Å². The highest BCUT2D eigenvalue weighted by Crippen LogP contribution is 2.35. The van der Waals surface area contributed by atoms with Crippen LogP contribution in [0, 0.1) is 5.92 Å². The molecule has 1 saturated carbocycles. The average Bonchev–Trinajstić information content (AvgIpc) is 3.15. The van der Waals surface area contributed by atoms with E-state index in [2.05, 4.69) is 43.1 Å². The summed E-state index contributed by atoms with van der Waals surface area (Å²) in [5, 5.41) is 0. The van der Waals surface area contributed by atoms with E-state index in [0.717, 1.165) is 25.4 Å². The standard InChI is InChI=1S/C15H24N2/c1-12(13-7-8-13)17(2)11-15-6-4-3-5-14(15)9-10-16/h3-6,12-13H,7-11,16H2,1-2H3. The molecular weight excluding hydrogens is 208 g/mol. The van der Waals surface area contributed by atoms with E-state index in [1.165, 1.54) is 24.0 Å². The second-order valence-electron chi connectivity index (χ2n) is 5.30. The van der Waals surface area contributed by atoms with Crippen molar-refractivity contribution in [2.24, 2.45) is 11.7 Å². The van der Waals surface area contributed by atoms with Crippen LogP contribution in [0.25, 0.3) is 0 Å². The molecule has 2 nitrogen and oxygen atoms in total. The van der Waals surface area contributed by atoms with E-state index in [0.29, 0.717) is 6.04 Å². The second-order valence-corrected chi connectivity index (χ2v) is 5.30. The minimum absolute atomic E-state index is 0.709. The lowest BCUT2D eigenvalue weighted by Crippen LogP contribution is -2.30. The van der Waals surface area contributed by atoms with E-state index < -0.39 is 0 Å². The minimum Gasteiger partial charge on any atom is -0.330 e. The fourth-order valence-corrected chi connectivity index (χ4v) is 2.46. The van der Waals surface area contributed by atoms with Crippen molar-refractivity contribution < 1.29 is 0 Å². The molecule has 0 aliphatic heterocycles. The van der Waals surface area contributed by atoms with Gasteiger partial charge in [0, 0.05) is 12.6 Å². The Balaban J connectivity index is 2.01. The summed E-state index contributed by atoms with van der Waals surface area (Å²) in [6, 6.07) is 9.39. The van der Waals surface area contributed by atoms with Gasteiger partial charge in [-0.1, -0.05) is 24.3 Å². The number of hydrogen-bond acceptors (Lipinski definition) is 2. The average molecular weight is 232 g/mol. The lowest BCUT2D eigenvalue weighted by Gasteiger charge is -2.25. The lowest BCUT2D eigenvalue weighted by molar-refractivity contribution is 0.226. The topological polar surface area (TPSA) is 29.3 Å². The first-order valence-electron chi connectivity index (χ1n) is 6.69. The van der Waals surface area contributed by atoms with Crippen molar-refractivity contribution in [3.63, 3.8) is 0 Å². The zero-order chi connectivity index (χ0) is 12.3. The number of hydrogen-bond donors (Lipinski definition) is 1. The van der Waals surface area contributed by atoms with Crippen molar-refractivity contribution >= 4 is 0 Å². The molecule has 0 radical (unpaired) electrons. The van der Waals surface area contributed by atoms with Crippen LogP contribution in [0.1, 0.15) is 30.9 Å². The van der Waals surface area contributed by atoms with Crippen LogP contribution in [-0.4, -0.2) is 24.5 Å². The van der Waals surface area contributed by atoms with Crippen molar-refractivity contribution in [1.82, 2.24) is 4.90 Å². The molecule has 1 aromatic rings. The van der Waals surface area contributed by atoms with Crippen molar-refractivity contribution in [3.05, 3.63) is 35.4 Å². The van der Waals surface area contributed by atoms with Crippen molar-refractivity contribution in [2.45, 2.75) is 38.8 Å². The molecule has 1 fully saturated rings. The highest BCUT2D eigenvalue weighted by molar-refractivity contribution is 5.27.